The monoisotopic (exact) mass is 264 g/mol. The molecule has 0 spiro atoms. The number of carbonyl (C=O) groups excluding carboxylic acids is 1. The van der Waals surface area contributed by atoms with E-state index >= 15 is 0 Å². The number of carbonyl (C=O) groups is 1. The van der Waals surface area contributed by atoms with Crippen LogP contribution in [-0.4, -0.2) is 49.5 Å². The standard InChI is InChI=1S/C14H24N4O/c1-4-7-15-13-11-12(6-9-16-13)14(19)17-8-5-10-18(2)3/h6,9,11H,4-5,7-8,10H2,1-3H3,(H,15,16)(H,17,19). The predicted molar refractivity (Wildman–Crippen MR) is 78.5 cm³/mol. The van der Waals surface area contributed by atoms with E-state index in [4.69, 9.17) is 0 Å². The third-order valence-electron chi connectivity index (χ3n) is 2.65. The van der Waals surface area contributed by atoms with E-state index in [-0.39, 0.29) is 5.91 Å². The van der Waals surface area contributed by atoms with Crippen molar-refractivity contribution >= 4 is 11.7 Å². The van der Waals surface area contributed by atoms with Crippen LogP contribution in [0.4, 0.5) is 5.82 Å². The van der Waals surface area contributed by atoms with Crippen LogP contribution in [0.25, 0.3) is 0 Å². The summed E-state index contributed by atoms with van der Waals surface area (Å²) in [6, 6.07) is 3.52. The van der Waals surface area contributed by atoms with Gasteiger partial charge in [0.25, 0.3) is 5.91 Å². The molecule has 0 radical (unpaired) electrons. The molecule has 5 nitrogen and oxygen atoms in total. The number of amides is 1. The molecule has 0 saturated carbocycles. The highest BCUT2D eigenvalue weighted by atomic mass is 16.1. The van der Waals surface area contributed by atoms with Crippen LogP contribution in [-0.2, 0) is 0 Å². The van der Waals surface area contributed by atoms with Crippen molar-refractivity contribution in [1.29, 1.82) is 0 Å². The number of pyridine rings is 1. The van der Waals surface area contributed by atoms with Crippen molar-refractivity contribution in [3.05, 3.63) is 23.9 Å². The van der Waals surface area contributed by atoms with Gasteiger partial charge < -0.3 is 15.5 Å². The van der Waals surface area contributed by atoms with Gasteiger partial charge in [-0.1, -0.05) is 6.92 Å². The minimum Gasteiger partial charge on any atom is -0.370 e. The number of aromatic nitrogens is 1. The van der Waals surface area contributed by atoms with Gasteiger partial charge in [0, 0.05) is 24.8 Å². The first kappa shape index (κ1) is 15.4. The normalized spacial score (nSPS) is 10.5. The Bertz CT molecular complexity index is 393. The fourth-order valence-electron chi connectivity index (χ4n) is 1.62. The molecule has 1 amide bonds. The van der Waals surface area contributed by atoms with Gasteiger partial charge in [0.2, 0.25) is 0 Å². The molecule has 1 rings (SSSR count). The molecular formula is C14H24N4O. The van der Waals surface area contributed by atoms with Gasteiger partial charge in [-0.05, 0) is 45.6 Å². The minimum absolute atomic E-state index is 0.0410. The molecule has 106 valence electrons. The Morgan fingerprint density at radius 2 is 2.16 bits per heavy atom. The number of hydrogen-bond donors (Lipinski definition) is 2. The van der Waals surface area contributed by atoms with Crippen molar-refractivity contribution in [3.8, 4) is 0 Å². The maximum absolute atomic E-state index is 11.9. The summed E-state index contributed by atoms with van der Waals surface area (Å²) in [4.78, 5) is 18.2. The van der Waals surface area contributed by atoms with Gasteiger partial charge in [0.15, 0.2) is 0 Å². The first-order chi connectivity index (χ1) is 9.13. The molecule has 0 aliphatic carbocycles. The Kier molecular flexibility index (Phi) is 6.89. The van der Waals surface area contributed by atoms with E-state index < -0.39 is 0 Å². The summed E-state index contributed by atoms with van der Waals surface area (Å²) in [6.07, 6.45) is 3.64. The summed E-state index contributed by atoms with van der Waals surface area (Å²) >= 11 is 0. The molecule has 0 fully saturated rings. The van der Waals surface area contributed by atoms with Crippen LogP contribution >= 0.6 is 0 Å². The van der Waals surface area contributed by atoms with Crippen LogP contribution in [0.5, 0.6) is 0 Å². The second-order valence-corrected chi connectivity index (χ2v) is 4.77. The van der Waals surface area contributed by atoms with E-state index in [0.29, 0.717) is 12.1 Å². The second-order valence-electron chi connectivity index (χ2n) is 4.77. The molecule has 0 bridgehead atoms. The zero-order chi connectivity index (χ0) is 14.1. The Morgan fingerprint density at radius 3 is 2.84 bits per heavy atom. The van der Waals surface area contributed by atoms with Crippen LogP contribution < -0.4 is 10.6 Å². The SMILES string of the molecule is CCCNc1cc(C(=O)NCCCN(C)C)ccn1. The third-order valence-corrected chi connectivity index (χ3v) is 2.65. The lowest BCUT2D eigenvalue weighted by molar-refractivity contribution is 0.0952. The number of nitrogens with zero attached hydrogens (tertiary/aromatic N) is 2. The lowest BCUT2D eigenvalue weighted by Crippen LogP contribution is -2.27. The largest absolute Gasteiger partial charge is 0.370 e. The number of anilines is 1. The highest BCUT2D eigenvalue weighted by Gasteiger charge is 2.06. The average molecular weight is 264 g/mol. The molecule has 5 heteroatoms. The lowest BCUT2D eigenvalue weighted by Gasteiger charge is -2.10. The fraction of sp³-hybridized carbons (Fsp3) is 0.571. The highest BCUT2D eigenvalue weighted by molar-refractivity contribution is 5.94. The summed E-state index contributed by atoms with van der Waals surface area (Å²) in [5.74, 6) is 0.712. The van der Waals surface area contributed by atoms with Crippen molar-refractivity contribution in [2.75, 3.05) is 39.0 Å². The zero-order valence-corrected chi connectivity index (χ0v) is 12.1. The second kappa shape index (κ2) is 8.48. The zero-order valence-electron chi connectivity index (χ0n) is 12.1. The van der Waals surface area contributed by atoms with Crippen molar-refractivity contribution in [2.45, 2.75) is 19.8 Å². The Labute approximate surface area is 115 Å². The lowest BCUT2D eigenvalue weighted by atomic mass is 10.2. The summed E-state index contributed by atoms with van der Waals surface area (Å²) in [5, 5.41) is 6.09. The van der Waals surface area contributed by atoms with Crippen LogP contribution in [0, 0.1) is 0 Å². The van der Waals surface area contributed by atoms with Crippen LogP contribution in [0.2, 0.25) is 0 Å². The summed E-state index contributed by atoms with van der Waals surface area (Å²) in [5.41, 5.74) is 0.651. The number of hydrogen-bond acceptors (Lipinski definition) is 4. The Morgan fingerprint density at radius 1 is 1.37 bits per heavy atom. The van der Waals surface area contributed by atoms with Crippen molar-refractivity contribution < 1.29 is 4.79 Å². The first-order valence-corrected chi connectivity index (χ1v) is 6.76. The van der Waals surface area contributed by atoms with Gasteiger partial charge in [-0.3, -0.25) is 4.79 Å². The highest BCUT2D eigenvalue weighted by Crippen LogP contribution is 2.06. The molecule has 1 aromatic heterocycles. The maximum atomic E-state index is 11.9. The van der Waals surface area contributed by atoms with E-state index in [2.05, 4.69) is 27.4 Å². The molecule has 19 heavy (non-hydrogen) atoms. The molecule has 0 unspecified atom stereocenters. The number of nitrogens with one attached hydrogen (secondary N) is 2. The molecule has 1 aromatic rings. The first-order valence-electron chi connectivity index (χ1n) is 6.76. The molecule has 2 N–H and O–H groups in total. The molecule has 0 saturated heterocycles. The number of rotatable bonds is 8. The molecular weight excluding hydrogens is 240 g/mol. The topological polar surface area (TPSA) is 57.3 Å². The van der Waals surface area contributed by atoms with Crippen LogP contribution in [0.15, 0.2) is 18.3 Å². The quantitative estimate of drug-likeness (QED) is 0.700. The maximum Gasteiger partial charge on any atom is 0.251 e. The molecule has 0 aliphatic rings. The van der Waals surface area contributed by atoms with E-state index in [1.54, 1.807) is 18.3 Å². The fourth-order valence-corrected chi connectivity index (χ4v) is 1.62. The summed E-state index contributed by atoms with van der Waals surface area (Å²) in [6.45, 7) is 4.62. The van der Waals surface area contributed by atoms with E-state index in [1.165, 1.54) is 0 Å². The van der Waals surface area contributed by atoms with Crippen molar-refractivity contribution in [3.63, 3.8) is 0 Å². The smallest absolute Gasteiger partial charge is 0.251 e. The van der Waals surface area contributed by atoms with E-state index in [9.17, 15) is 4.79 Å². The van der Waals surface area contributed by atoms with Crippen molar-refractivity contribution in [2.24, 2.45) is 0 Å². The van der Waals surface area contributed by atoms with Crippen LogP contribution in [0.1, 0.15) is 30.1 Å². The average Bonchev–Trinajstić information content (AvgIpc) is 2.41. The van der Waals surface area contributed by atoms with Gasteiger partial charge in [0.1, 0.15) is 5.82 Å². The molecule has 0 aromatic carbocycles. The van der Waals surface area contributed by atoms with E-state index in [1.807, 2.05) is 14.1 Å². The minimum atomic E-state index is -0.0410. The summed E-state index contributed by atoms with van der Waals surface area (Å²) < 4.78 is 0. The van der Waals surface area contributed by atoms with Crippen molar-refractivity contribution in [1.82, 2.24) is 15.2 Å². The Balaban J connectivity index is 2.43. The third kappa shape index (κ3) is 6.20. The van der Waals surface area contributed by atoms with Gasteiger partial charge in [0.05, 0.1) is 0 Å². The molecule has 1 heterocycles. The summed E-state index contributed by atoms with van der Waals surface area (Å²) in [7, 11) is 4.05. The molecule has 0 atom stereocenters. The Hall–Kier alpha value is -1.62. The van der Waals surface area contributed by atoms with Gasteiger partial charge >= 0.3 is 0 Å². The van der Waals surface area contributed by atoms with Gasteiger partial charge in [-0.25, -0.2) is 4.98 Å². The van der Waals surface area contributed by atoms with E-state index in [0.717, 1.165) is 31.7 Å². The van der Waals surface area contributed by atoms with Crippen LogP contribution in [0.3, 0.4) is 0 Å². The van der Waals surface area contributed by atoms with Gasteiger partial charge in [-0.2, -0.15) is 0 Å². The predicted octanol–water partition coefficient (Wildman–Crippen LogP) is 1.58. The van der Waals surface area contributed by atoms with Gasteiger partial charge in [-0.15, -0.1) is 0 Å². The molecule has 0 aliphatic heterocycles.